The van der Waals surface area contributed by atoms with Crippen LogP contribution in [0.15, 0.2) is 24.5 Å². The van der Waals surface area contributed by atoms with Crippen LogP contribution < -0.4 is 9.47 Å². The maximum absolute atomic E-state index is 14.9. The third kappa shape index (κ3) is 7.54. The van der Waals surface area contributed by atoms with Crippen molar-refractivity contribution >= 4 is 6.09 Å². The summed E-state index contributed by atoms with van der Waals surface area (Å²) in [5.41, 5.74) is 1.51. The molecule has 38 heavy (non-hydrogen) atoms. The number of carbonyl (C=O) groups excluding carboxylic acids is 1. The fraction of sp³-hybridized carbons (Fsp3) is 0.607. The number of ether oxygens (including phenoxy) is 4. The maximum Gasteiger partial charge on any atom is 0.410 e. The fourth-order valence-corrected chi connectivity index (χ4v) is 4.81. The van der Waals surface area contributed by atoms with Crippen molar-refractivity contribution in [3.05, 3.63) is 41.5 Å². The molecule has 0 saturated carbocycles. The number of piperidine rings is 2. The zero-order chi connectivity index (χ0) is 27.1. The smallest absolute Gasteiger partial charge is 0.410 e. The van der Waals surface area contributed by atoms with Gasteiger partial charge in [-0.05, 0) is 64.3 Å². The highest BCUT2D eigenvalue weighted by molar-refractivity contribution is 5.67. The summed E-state index contributed by atoms with van der Waals surface area (Å²) in [6, 6.07) is 5.06. The molecule has 1 aromatic heterocycles. The molecule has 208 valence electrons. The van der Waals surface area contributed by atoms with Crippen molar-refractivity contribution in [3.8, 4) is 17.5 Å². The zero-order valence-electron chi connectivity index (χ0n) is 22.8. The van der Waals surface area contributed by atoms with Crippen LogP contribution in [0.4, 0.5) is 9.18 Å². The molecule has 0 radical (unpaired) electrons. The molecule has 1 amide bonds. The predicted octanol–water partition coefficient (Wildman–Crippen LogP) is 4.76. The average molecular weight is 531 g/mol. The van der Waals surface area contributed by atoms with E-state index < -0.39 is 5.82 Å². The number of methoxy groups -OCH3 is 1. The van der Waals surface area contributed by atoms with Crippen molar-refractivity contribution in [1.82, 2.24) is 19.8 Å². The average Bonchev–Trinajstić information content (AvgIpc) is 2.91. The van der Waals surface area contributed by atoms with Crippen LogP contribution in [0, 0.1) is 12.7 Å². The molecule has 2 aliphatic rings. The number of hydrogen-bond donors (Lipinski definition) is 0. The highest BCUT2D eigenvalue weighted by Crippen LogP contribution is 2.31. The number of halogens is 1. The van der Waals surface area contributed by atoms with E-state index in [9.17, 15) is 9.18 Å². The Labute approximate surface area is 224 Å². The van der Waals surface area contributed by atoms with Crippen LogP contribution in [0.2, 0.25) is 0 Å². The summed E-state index contributed by atoms with van der Waals surface area (Å²) in [5, 5.41) is 0. The number of hydrogen-bond acceptors (Lipinski definition) is 8. The summed E-state index contributed by atoms with van der Waals surface area (Å²) in [6.07, 6.45) is 5.37. The van der Waals surface area contributed by atoms with Gasteiger partial charge in [-0.3, -0.25) is 0 Å². The molecule has 2 aliphatic heterocycles. The summed E-state index contributed by atoms with van der Waals surface area (Å²) in [5.74, 6) is 0.317. The number of carbonyl (C=O) groups is 1. The SMILES string of the molecule is COC1CCCN(CCc2ccc(Oc3ncnc(OC4CCN(C(=O)OC(C)C)CC4)c3C)c(F)c2)C1. The fourth-order valence-electron chi connectivity index (χ4n) is 4.81. The van der Waals surface area contributed by atoms with Crippen molar-refractivity contribution in [3.63, 3.8) is 0 Å². The van der Waals surface area contributed by atoms with Crippen LogP contribution in [0.25, 0.3) is 0 Å². The molecule has 2 aromatic rings. The van der Waals surface area contributed by atoms with Crippen molar-refractivity contribution in [2.24, 2.45) is 0 Å². The molecule has 0 bridgehead atoms. The third-order valence-corrected chi connectivity index (χ3v) is 7.02. The van der Waals surface area contributed by atoms with Crippen LogP contribution in [0.5, 0.6) is 17.5 Å². The minimum atomic E-state index is -0.433. The van der Waals surface area contributed by atoms with Crippen LogP contribution in [0.1, 0.15) is 50.7 Å². The highest BCUT2D eigenvalue weighted by Gasteiger charge is 2.26. The lowest BCUT2D eigenvalue weighted by atomic mass is 10.1. The molecule has 9 nitrogen and oxygen atoms in total. The van der Waals surface area contributed by atoms with E-state index in [0.717, 1.165) is 44.5 Å². The van der Waals surface area contributed by atoms with Gasteiger partial charge in [-0.15, -0.1) is 0 Å². The molecule has 1 atom stereocenters. The largest absolute Gasteiger partial charge is 0.474 e. The molecule has 3 heterocycles. The first-order valence-electron chi connectivity index (χ1n) is 13.5. The Hall–Kier alpha value is -2.98. The summed E-state index contributed by atoms with van der Waals surface area (Å²) in [4.78, 5) is 24.6. The second kappa shape index (κ2) is 13.2. The molecular weight excluding hydrogens is 491 g/mol. The number of rotatable bonds is 9. The van der Waals surface area contributed by atoms with E-state index in [-0.39, 0.29) is 36.0 Å². The Morgan fingerprint density at radius 2 is 1.87 bits per heavy atom. The Bertz CT molecular complexity index is 1080. The van der Waals surface area contributed by atoms with Crippen LogP contribution in [-0.2, 0) is 15.9 Å². The highest BCUT2D eigenvalue weighted by atomic mass is 19.1. The standard InChI is InChI=1S/C28H39FN4O5/c1-19(2)36-28(34)33-14-10-22(11-15-33)37-26-20(3)27(31-18-30-26)38-25-8-7-21(16-24(25)29)9-13-32-12-5-6-23(17-32)35-4/h7-8,16,18-19,22-23H,5-6,9-15,17H2,1-4H3. The summed E-state index contributed by atoms with van der Waals surface area (Å²) in [7, 11) is 1.76. The number of amides is 1. The van der Waals surface area contributed by atoms with Gasteiger partial charge in [0.25, 0.3) is 0 Å². The minimum Gasteiger partial charge on any atom is -0.474 e. The number of benzene rings is 1. The minimum absolute atomic E-state index is 0.102. The van der Waals surface area contributed by atoms with Gasteiger partial charge < -0.3 is 28.7 Å². The molecule has 1 unspecified atom stereocenters. The van der Waals surface area contributed by atoms with Gasteiger partial charge in [-0.2, -0.15) is 0 Å². The van der Waals surface area contributed by atoms with Gasteiger partial charge in [0.15, 0.2) is 11.6 Å². The number of likely N-dealkylation sites (tertiary alicyclic amines) is 2. The van der Waals surface area contributed by atoms with Gasteiger partial charge in [0.2, 0.25) is 11.8 Å². The Balaban J connectivity index is 1.31. The van der Waals surface area contributed by atoms with Crippen LogP contribution in [-0.4, -0.2) is 84.0 Å². The van der Waals surface area contributed by atoms with Crippen molar-refractivity contribution < 1.29 is 28.1 Å². The van der Waals surface area contributed by atoms with Crippen LogP contribution in [0.3, 0.4) is 0 Å². The van der Waals surface area contributed by atoms with Crippen molar-refractivity contribution in [2.45, 2.75) is 71.2 Å². The van der Waals surface area contributed by atoms with Gasteiger partial charge in [0.1, 0.15) is 12.4 Å². The van der Waals surface area contributed by atoms with Crippen molar-refractivity contribution in [2.75, 3.05) is 39.8 Å². The van der Waals surface area contributed by atoms with E-state index in [4.69, 9.17) is 18.9 Å². The molecular formula is C28H39FN4O5. The van der Waals surface area contributed by atoms with Gasteiger partial charge in [0, 0.05) is 46.1 Å². The first-order chi connectivity index (χ1) is 18.3. The molecule has 0 spiro atoms. The summed E-state index contributed by atoms with van der Waals surface area (Å²) in [6.45, 7) is 9.38. The zero-order valence-corrected chi connectivity index (χ0v) is 22.8. The monoisotopic (exact) mass is 530 g/mol. The van der Waals surface area contributed by atoms with E-state index in [1.54, 1.807) is 25.0 Å². The molecule has 0 N–H and O–H groups in total. The Morgan fingerprint density at radius 1 is 1.11 bits per heavy atom. The second-order valence-corrected chi connectivity index (χ2v) is 10.3. The van der Waals surface area contributed by atoms with E-state index in [0.29, 0.717) is 37.4 Å². The van der Waals surface area contributed by atoms with E-state index in [2.05, 4.69) is 14.9 Å². The molecule has 0 aliphatic carbocycles. The summed E-state index contributed by atoms with van der Waals surface area (Å²) >= 11 is 0. The summed E-state index contributed by atoms with van der Waals surface area (Å²) < 4.78 is 37.6. The molecule has 2 saturated heterocycles. The lowest BCUT2D eigenvalue weighted by molar-refractivity contribution is 0.0318. The number of nitrogens with zero attached hydrogens (tertiary/aromatic N) is 4. The Morgan fingerprint density at radius 3 is 2.58 bits per heavy atom. The first-order valence-corrected chi connectivity index (χ1v) is 13.5. The van der Waals surface area contributed by atoms with Gasteiger partial charge in [-0.25, -0.2) is 19.2 Å². The van der Waals surface area contributed by atoms with E-state index in [1.807, 2.05) is 19.9 Å². The van der Waals surface area contributed by atoms with Crippen LogP contribution >= 0.6 is 0 Å². The topological polar surface area (TPSA) is 86.3 Å². The van der Waals surface area contributed by atoms with Crippen molar-refractivity contribution in [1.29, 1.82) is 0 Å². The van der Waals surface area contributed by atoms with Gasteiger partial charge in [-0.1, -0.05) is 6.07 Å². The molecule has 10 heteroatoms. The van der Waals surface area contributed by atoms with E-state index in [1.165, 1.54) is 12.4 Å². The molecule has 2 fully saturated rings. The molecule has 1 aromatic carbocycles. The van der Waals surface area contributed by atoms with Gasteiger partial charge in [0.05, 0.1) is 17.8 Å². The second-order valence-electron chi connectivity index (χ2n) is 10.3. The lowest BCUT2D eigenvalue weighted by Gasteiger charge is -2.32. The predicted molar refractivity (Wildman–Crippen MR) is 140 cm³/mol. The van der Waals surface area contributed by atoms with Gasteiger partial charge >= 0.3 is 6.09 Å². The maximum atomic E-state index is 14.9. The number of aromatic nitrogens is 2. The van der Waals surface area contributed by atoms with E-state index >= 15 is 0 Å². The quantitative estimate of drug-likeness (QED) is 0.459. The first kappa shape index (κ1) is 28.0. The molecule has 4 rings (SSSR count). The lowest BCUT2D eigenvalue weighted by Crippen LogP contribution is -2.42. The normalized spacial score (nSPS) is 19.0. The Kier molecular flexibility index (Phi) is 9.74. The third-order valence-electron chi connectivity index (χ3n) is 7.02.